The summed E-state index contributed by atoms with van der Waals surface area (Å²) in [7, 11) is 0. The Bertz CT molecular complexity index is 625. The van der Waals surface area contributed by atoms with Crippen molar-refractivity contribution in [2.75, 3.05) is 19.7 Å². The Labute approximate surface area is 126 Å². The van der Waals surface area contributed by atoms with Gasteiger partial charge >= 0.3 is 5.69 Å². The first-order chi connectivity index (χ1) is 10.5. The van der Waals surface area contributed by atoms with Gasteiger partial charge in [0, 0.05) is 31.8 Å². The van der Waals surface area contributed by atoms with E-state index in [4.69, 9.17) is 15.2 Å². The molecule has 0 aromatic carbocycles. The molecule has 4 N–H and O–H groups in total. The van der Waals surface area contributed by atoms with Gasteiger partial charge < -0.3 is 20.5 Å². The highest BCUT2D eigenvalue weighted by Gasteiger charge is 2.36. The van der Waals surface area contributed by atoms with Crippen LogP contribution in [-0.4, -0.2) is 47.4 Å². The average Bonchev–Trinajstić information content (AvgIpc) is 2.83. The molecule has 0 radical (unpaired) electrons. The summed E-state index contributed by atoms with van der Waals surface area (Å²) in [5.74, 6) is -0.280. The molecule has 1 amide bonds. The van der Waals surface area contributed by atoms with E-state index >= 15 is 0 Å². The molecule has 0 aliphatic carbocycles. The van der Waals surface area contributed by atoms with Gasteiger partial charge in [0.1, 0.15) is 12.7 Å². The van der Waals surface area contributed by atoms with E-state index in [-0.39, 0.29) is 18.6 Å². The second kappa shape index (κ2) is 7.34. The minimum Gasteiger partial charge on any atom is -0.364 e. The molecule has 9 heteroatoms. The summed E-state index contributed by atoms with van der Waals surface area (Å²) in [6.45, 7) is 2.43. The Balaban J connectivity index is 2.04. The lowest BCUT2D eigenvalue weighted by molar-refractivity contribution is -0.130. The van der Waals surface area contributed by atoms with Gasteiger partial charge in [-0.25, -0.2) is 4.79 Å². The van der Waals surface area contributed by atoms with Crippen LogP contribution < -0.4 is 22.3 Å². The fraction of sp³-hybridized carbons (Fsp3) is 0.615. The SMILES string of the molecule is CC1CC(OCC(=O)NCCN)C(n2ccc(=O)[nH]c2=O)O1. The van der Waals surface area contributed by atoms with Gasteiger partial charge in [-0.1, -0.05) is 0 Å². The van der Waals surface area contributed by atoms with Crippen molar-refractivity contribution in [1.82, 2.24) is 14.9 Å². The average molecular weight is 312 g/mol. The summed E-state index contributed by atoms with van der Waals surface area (Å²) < 4.78 is 12.5. The standard InChI is InChI=1S/C13H20N4O5/c1-8-6-9(21-7-11(19)15-4-3-14)12(22-8)17-5-2-10(18)16-13(17)20/h2,5,8-9,12H,3-4,6-7,14H2,1H3,(H,15,19)(H,16,18,20). The quantitative estimate of drug-likeness (QED) is 0.574. The predicted molar refractivity (Wildman–Crippen MR) is 77.3 cm³/mol. The number of ether oxygens (including phenoxy) is 2. The van der Waals surface area contributed by atoms with Crippen LogP contribution in [0.25, 0.3) is 0 Å². The third-order valence-electron chi connectivity index (χ3n) is 3.27. The van der Waals surface area contributed by atoms with E-state index in [2.05, 4.69) is 10.3 Å². The Morgan fingerprint density at radius 2 is 2.36 bits per heavy atom. The van der Waals surface area contributed by atoms with Crippen molar-refractivity contribution in [2.24, 2.45) is 5.73 Å². The molecule has 1 aromatic rings. The van der Waals surface area contributed by atoms with Gasteiger partial charge in [-0.05, 0) is 6.92 Å². The first-order valence-electron chi connectivity index (χ1n) is 7.06. The summed E-state index contributed by atoms with van der Waals surface area (Å²) >= 11 is 0. The van der Waals surface area contributed by atoms with Crippen molar-refractivity contribution in [3.63, 3.8) is 0 Å². The largest absolute Gasteiger partial charge is 0.364 e. The second-order valence-electron chi connectivity index (χ2n) is 5.08. The third-order valence-corrected chi connectivity index (χ3v) is 3.27. The number of hydrogen-bond donors (Lipinski definition) is 3. The van der Waals surface area contributed by atoms with E-state index < -0.39 is 23.6 Å². The molecule has 3 atom stereocenters. The smallest absolute Gasteiger partial charge is 0.330 e. The number of amides is 1. The summed E-state index contributed by atoms with van der Waals surface area (Å²) in [5, 5.41) is 2.60. The Morgan fingerprint density at radius 3 is 3.05 bits per heavy atom. The summed E-state index contributed by atoms with van der Waals surface area (Å²) in [6.07, 6.45) is 0.639. The second-order valence-corrected chi connectivity index (χ2v) is 5.08. The third kappa shape index (κ3) is 4.03. The normalized spacial score (nSPS) is 24.4. The van der Waals surface area contributed by atoms with E-state index in [9.17, 15) is 14.4 Å². The van der Waals surface area contributed by atoms with Crippen LogP contribution in [-0.2, 0) is 14.3 Å². The van der Waals surface area contributed by atoms with Crippen LogP contribution >= 0.6 is 0 Å². The number of hydrogen-bond acceptors (Lipinski definition) is 6. The number of aromatic amines is 1. The van der Waals surface area contributed by atoms with Gasteiger partial charge in [-0.15, -0.1) is 0 Å². The van der Waals surface area contributed by atoms with Gasteiger partial charge in [0.25, 0.3) is 5.56 Å². The van der Waals surface area contributed by atoms with Crippen LogP contribution in [0.15, 0.2) is 21.9 Å². The number of carbonyl (C=O) groups excluding carboxylic acids is 1. The molecule has 3 unspecified atom stereocenters. The number of nitrogens with one attached hydrogen (secondary N) is 2. The predicted octanol–water partition coefficient (Wildman–Crippen LogP) is -1.70. The number of nitrogens with two attached hydrogens (primary N) is 1. The molecule has 1 fully saturated rings. The Hall–Kier alpha value is -1.97. The number of rotatable bonds is 6. The molecular weight excluding hydrogens is 292 g/mol. The fourth-order valence-electron chi connectivity index (χ4n) is 2.29. The summed E-state index contributed by atoms with van der Waals surface area (Å²) in [6, 6.07) is 1.23. The van der Waals surface area contributed by atoms with Crippen molar-refractivity contribution in [2.45, 2.75) is 31.8 Å². The number of H-pyrrole nitrogens is 1. The molecule has 22 heavy (non-hydrogen) atoms. The van der Waals surface area contributed by atoms with Gasteiger partial charge in [-0.2, -0.15) is 0 Å². The van der Waals surface area contributed by atoms with Crippen LogP contribution in [0, 0.1) is 0 Å². The molecule has 122 valence electrons. The maximum Gasteiger partial charge on any atom is 0.330 e. The molecule has 2 rings (SSSR count). The van der Waals surface area contributed by atoms with Crippen LogP contribution in [0.1, 0.15) is 19.6 Å². The lowest BCUT2D eigenvalue weighted by atomic mass is 10.2. The maximum atomic E-state index is 11.8. The zero-order chi connectivity index (χ0) is 16.1. The van der Waals surface area contributed by atoms with Crippen LogP contribution in [0.4, 0.5) is 0 Å². The molecule has 1 aromatic heterocycles. The fourth-order valence-corrected chi connectivity index (χ4v) is 2.29. The molecular formula is C13H20N4O5. The monoisotopic (exact) mass is 312 g/mol. The van der Waals surface area contributed by atoms with Crippen LogP contribution in [0.3, 0.4) is 0 Å². The topological polar surface area (TPSA) is 128 Å². The highest BCUT2D eigenvalue weighted by atomic mass is 16.6. The van der Waals surface area contributed by atoms with Gasteiger partial charge in [-0.3, -0.25) is 19.1 Å². The Kier molecular flexibility index (Phi) is 5.47. The minimum absolute atomic E-state index is 0.124. The van der Waals surface area contributed by atoms with Crippen LogP contribution in [0.2, 0.25) is 0 Å². The van der Waals surface area contributed by atoms with Gasteiger partial charge in [0.2, 0.25) is 5.91 Å². The highest BCUT2D eigenvalue weighted by Crippen LogP contribution is 2.29. The number of aromatic nitrogens is 2. The molecule has 0 saturated carbocycles. The minimum atomic E-state index is -0.679. The van der Waals surface area contributed by atoms with Gasteiger partial charge in [0.05, 0.1) is 6.10 Å². The van der Waals surface area contributed by atoms with E-state index in [1.165, 1.54) is 16.8 Å². The summed E-state index contributed by atoms with van der Waals surface area (Å²) in [4.78, 5) is 36.7. The maximum absolute atomic E-state index is 11.8. The van der Waals surface area contributed by atoms with Crippen molar-refractivity contribution >= 4 is 5.91 Å². The van der Waals surface area contributed by atoms with E-state index in [0.717, 1.165) is 0 Å². The molecule has 0 bridgehead atoms. The van der Waals surface area contributed by atoms with Gasteiger partial charge in [0.15, 0.2) is 6.23 Å². The van der Waals surface area contributed by atoms with E-state index in [1.807, 2.05) is 6.92 Å². The molecule has 2 heterocycles. The zero-order valence-corrected chi connectivity index (χ0v) is 12.3. The van der Waals surface area contributed by atoms with E-state index in [1.54, 1.807) is 0 Å². The first kappa shape index (κ1) is 16.4. The molecule has 0 spiro atoms. The van der Waals surface area contributed by atoms with Crippen molar-refractivity contribution in [1.29, 1.82) is 0 Å². The lowest BCUT2D eigenvalue weighted by Crippen LogP contribution is -2.38. The number of nitrogens with zero attached hydrogens (tertiary/aromatic N) is 1. The van der Waals surface area contributed by atoms with Crippen molar-refractivity contribution in [3.8, 4) is 0 Å². The van der Waals surface area contributed by atoms with Crippen LogP contribution in [0.5, 0.6) is 0 Å². The van der Waals surface area contributed by atoms with E-state index in [0.29, 0.717) is 19.5 Å². The molecule has 1 saturated heterocycles. The molecule has 1 aliphatic rings. The molecule has 1 aliphatic heterocycles. The highest BCUT2D eigenvalue weighted by molar-refractivity contribution is 5.77. The van der Waals surface area contributed by atoms with Crippen molar-refractivity contribution in [3.05, 3.63) is 33.1 Å². The first-order valence-corrected chi connectivity index (χ1v) is 7.06. The number of carbonyl (C=O) groups is 1. The zero-order valence-electron chi connectivity index (χ0n) is 12.3. The molecule has 9 nitrogen and oxygen atoms in total. The Morgan fingerprint density at radius 1 is 1.59 bits per heavy atom. The lowest BCUT2D eigenvalue weighted by Gasteiger charge is -2.20. The van der Waals surface area contributed by atoms with Crippen molar-refractivity contribution < 1.29 is 14.3 Å². The summed E-state index contributed by atoms with van der Waals surface area (Å²) in [5.41, 5.74) is 4.24.